The molecule has 1 atom stereocenters. The third-order valence-electron chi connectivity index (χ3n) is 3.71. The molecule has 0 spiro atoms. The quantitative estimate of drug-likeness (QED) is 0.681. The van der Waals surface area contributed by atoms with Gasteiger partial charge in [0.15, 0.2) is 5.58 Å². The minimum atomic E-state index is 0.115. The molecule has 4 heteroatoms. The Morgan fingerprint density at radius 3 is 2.62 bits per heavy atom. The maximum atomic E-state index is 5.85. The number of halogens is 1. The van der Waals surface area contributed by atoms with Crippen LogP contribution in [0.1, 0.15) is 24.4 Å². The molecule has 0 amide bonds. The van der Waals surface area contributed by atoms with Gasteiger partial charge in [-0.2, -0.15) is 0 Å². The standard InChI is InChI=1S/C17H17BrN2O/c1-12(17-19-15-9-5-6-10-16(15)21-17)20(2)11-13-7-3-4-8-14(13)18/h3-10,12H,11H2,1-2H3/t12-/m0/s1. The number of aromatic nitrogens is 1. The van der Waals surface area contributed by atoms with Crippen LogP contribution >= 0.6 is 15.9 Å². The molecule has 0 aliphatic carbocycles. The van der Waals surface area contributed by atoms with Gasteiger partial charge in [-0.3, -0.25) is 4.90 Å². The fourth-order valence-corrected chi connectivity index (χ4v) is 2.70. The number of rotatable bonds is 4. The molecule has 0 bridgehead atoms. The Morgan fingerprint density at radius 2 is 1.86 bits per heavy atom. The molecule has 3 aromatic rings. The van der Waals surface area contributed by atoms with Gasteiger partial charge in [0.05, 0.1) is 6.04 Å². The predicted octanol–water partition coefficient (Wildman–Crippen LogP) is 4.78. The van der Waals surface area contributed by atoms with Crippen molar-refractivity contribution in [3.05, 3.63) is 64.5 Å². The second-order valence-electron chi connectivity index (χ2n) is 5.20. The summed E-state index contributed by atoms with van der Waals surface area (Å²) in [6, 6.07) is 16.2. The van der Waals surface area contributed by atoms with E-state index in [9.17, 15) is 0 Å². The highest BCUT2D eigenvalue weighted by molar-refractivity contribution is 9.10. The van der Waals surface area contributed by atoms with Gasteiger partial charge in [0.2, 0.25) is 5.89 Å². The smallest absolute Gasteiger partial charge is 0.212 e. The number of nitrogens with zero attached hydrogens (tertiary/aromatic N) is 2. The second kappa shape index (κ2) is 6.00. The van der Waals surface area contributed by atoms with Crippen LogP contribution in [0.25, 0.3) is 11.1 Å². The van der Waals surface area contributed by atoms with Crippen LogP contribution in [0, 0.1) is 0 Å². The molecule has 21 heavy (non-hydrogen) atoms. The van der Waals surface area contributed by atoms with Crippen molar-refractivity contribution >= 4 is 27.0 Å². The highest BCUT2D eigenvalue weighted by Gasteiger charge is 2.18. The number of oxazole rings is 1. The fraction of sp³-hybridized carbons (Fsp3) is 0.235. The van der Waals surface area contributed by atoms with E-state index in [2.05, 4.69) is 58.0 Å². The Labute approximate surface area is 132 Å². The van der Waals surface area contributed by atoms with Gasteiger partial charge in [0.1, 0.15) is 5.52 Å². The number of benzene rings is 2. The zero-order chi connectivity index (χ0) is 14.8. The monoisotopic (exact) mass is 344 g/mol. The molecule has 1 heterocycles. The first-order chi connectivity index (χ1) is 10.1. The summed E-state index contributed by atoms with van der Waals surface area (Å²) in [7, 11) is 2.08. The van der Waals surface area contributed by atoms with E-state index in [1.54, 1.807) is 0 Å². The Kier molecular flexibility index (Phi) is 4.08. The molecule has 0 saturated heterocycles. The first-order valence-electron chi connectivity index (χ1n) is 6.94. The summed E-state index contributed by atoms with van der Waals surface area (Å²) >= 11 is 3.59. The molecule has 0 aliphatic heterocycles. The average molecular weight is 345 g/mol. The van der Waals surface area contributed by atoms with E-state index in [0.717, 1.165) is 28.0 Å². The summed E-state index contributed by atoms with van der Waals surface area (Å²) in [5.41, 5.74) is 3.00. The van der Waals surface area contributed by atoms with Gasteiger partial charge in [-0.1, -0.05) is 46.3 Å². The molecule has 0 saturated carbocycles. The summed E-state index contributed by atoms with van der Waals surface area (Å²) in [6.07, 6.45) is 0. The van der Waals surface area contributed by atoms with Crippen LogP contribution in [0.4, 0.5) is 0 Å². The van der Waals surface area contributed by atoms with E-state index in [1.807, 2.05) is 30.3 Å². The van der Waals surface area contributed by atoms with Crippen LogP contribution in [-0.4, -0.2) is 16.9 Å². The van der Waals surface area contributed by atoms with Crippen molar-refractivity contribution in [1.29, 1.82) is 0 Å². The molecular weight excluding hydrogens is 328 g/mol. The third kappa shape index (κ3) is 3.01. The summed E-state index contributed by atoms with van der Waals surface area (Å²) in [4.78, 5) is 6.80. The lowest BCUT2D eigenvalue weighted by Crippen LogP contribution is -2.22. The van der Waals surface area contributed by atoms with Crippen molar-refractivity contribution in [3.8, 4) is 0 Å². The Balaban J connectivity index is 1.80. The minimum absolute atomic E-state index is 0.115. The maximum Gasteiger partial charge on any atom is 0.212 e. The Hall–Kier alpha value is -1.65. The van der Waals surface area contributed by atoms with Crippen molar-refractivity contribution in [2.45, 2.75) is 19.5 Å². The molecule has 3 nitrogen and oxygen atoms in total. The van der Waals surface area contributed by atoms with Crippen molar-refractivity contribution < 1.29 is 4.42 Å². The van der Waals surface area contributed by atoms with Gasteiger partial charge >= 0.3 is 0 Å². The average Bonchev–Trinajstić information content (AvgIpc) is 2.92. The van der Waals surface area contributed by atoms with E-state index in [4.69, 9.17) is 4.42 Å². The molecule has 0 radical (unpaired) electrons. The first-order valence-corrected chi connectivity index (χ1v) is 7.73. The molecule has 1 aromatic heterocycles. The number of hydrogen-bond donors (Lipinski definition) is 0. The van der Waals surface area contributed by atoms with E-state index >= 15 is 0 Å². The van der Waals surface area contributed by atoms with E-state index < -0.39 is 0 Å². The number of hydrogen-bond acceptors (Lipinski definition) is 3. The first kappa shape index (κ1) is 14.3. The van der Waals surface area contributed by atoms with Gasteiger partial charge in [-0.15, -0.1) is 0 Å². The molecule has 0 fully saturated rings. The number of para-hydroxylation sites is 2. The maximum absolute atomic E-state index is 5.85. The van der Waals surface area contributed by atoms with E-state index in [1.165, 1.54) is 5.56 Å². The van der Waals surface area contributed by atoms with Gasteiger partial charge in [0.25, 0.3) is 0 Å². The number of fused-ring (bicyclic) bond motifs is 1. The summed E-state index contributed by atoms with van der Waals surface area (Å²) in [5, 5.41) is 0. The largest absolute Gasteiger partial charge is 0.439 e. The third-order valence-corrected chi connectivity index (χ3v) is 4.48. The van der Waals surface area contributed by atoms with Crippen LogP contribution in [0.3, 0.4) is 0 Å². The minimum Gasteiger partial charge on any atom is -0.439 e. The normalized spacial score (nSPS) is 13.0. The van der Waals surface area contributed by atoms with Gasteiger partial charge in [0, 0.05) is 11.0 Å². The SMILES string of the molecule is C[C@@H](c1nc2ccccc2o1)N(C)Cc1ccccc1Br. The van der Waals surface area contributed by atoms with Crippen LogP contribution in [0.2, 0.25) is 0 Å². The van der Waals surface area contributed by atoms with E-state index in [-0.39, 0.29) is 6.04 Å². The van der Waals surface area contributed by atoms with Crippen LogP contribution < -0.4 is 0 Å². The van der Waals surface area contributed by atoms with E-state index in [0.29, 0.717) is 0 Å². The summed E-state index contributed by atoms with van der Waals surface area (Å²) < 4.78 is 6.98. The van der Waals surface area contributed by atoms with Gasteiger partial charge in [-0.25, -0.2) is 4.98 Å². The zero-order valence-electron chi connectivity index (χ0n) is 12.1. The molecule has 0 aliphatic rings. The topological polar surface area (TPSA) is 29.3 Å². The van der Waals surface area contributed by atoms with Crippen molar-refractivity contribution in [2.75, 3.05) is 7.05 Å². The van der Waals surface area contributed by atoms with Crippen LogP contribution in [-0.2, 0) is 6.54 Å². The molecule has 108 valence electrons. The van der Waals surface area contributed by atoms with Crippen LogP contribution in [0.5, 0.6) is 0 Å². The highest BCUT2D eigenvalue weighted by Crippen LogP contribution is 2.26. The van der Waals surface area contributed by atoms with Crippen LogP contribution in [0.15, 0.2) is 57.4 Å². The summed E-state index contributed by atoms with van der Waals surface area (Å²) in [6.45, 7) is 2.95. The van der Waals surface area contributed by atoms with Gasteiger partial charge < -0.3 is 4.42 Å². The molecule has 3 rings (SSSR count). The highest BCUT2D eigenvalue weighted by atomic mass is 79.9. The second-order valence-corrected chi connectivity index (χ2v) is 6.06. The lowest BCUT2D eigenvalue weighted by Gasteiger charge is -2.22. The van der Waals surface area contributed by atoms with Crippen molar-refractivity contribution in [3.63, 3.8) is 0 Å². The fourth-order valence-electron chi connectivity index (χ4n) is 2.29. The lowest BCUT2D eigenvalue weighted by molar-refractivity contribution is 0.219. The lowest BCUT2D eigenvalue weighted by atomic mass is 10.2. The molecule has 0 unspecified atom stereocenters. The Morgan fingerprint density at radius 1 is 1.14 bits per heavy atom. The van der Waals surface area contributed by atoms with Crippen molar-refractivity contribution in [1.82, 2.24) is 9.88 Å². The van der Waals surface area contributed by atoms with Crippen molar-refractivity contribution in [2.24, 2.45) is 0 Å². The molecular formula is C17H17BrN2O. The molecule has 0 N–H and O–H groups in total. The summed E-state index contributed by atoms with van der Waals surface area (Å²) in [5.74, 6) is 0.755. The predicted molar refractivity (Wildman–Crippen MR) is 88.0 cm³/mol. The van der Waals surface area contributed by atoms with Gasteiger partial charge in [-0.05, 0) is 37.7 Å². The Bertz CT molecular complexity index is 720. The zero-order valence-corrected chi connectivity index (χ0v) is 13.7. The molecule has 2 aromatic carbocycles.